The van der Waals surface area contributed by atoms with Crippen molar-refractivity contribution in [2.75, 3.05) is 6.54 Å². The Kier molecular flexibility index (Phi) is 4.72. The summed E-state index contributed by atoms with van der Waals surface area (Å²) >= 11 is 11.9. The minimum absolute atomic E-state index is 0.625. The van der Waals surface area contributed by atoms with Gasteiger partial charge in [0.25, 0.3) is 0 Å². The van der Waals surface area contributed by atoms with Gasteiger partial charge in [-0.25, -0.2) is 0 Å². The summed E-state index contributed by atoms with van der Waals surface area (Å²) in [7, 11) is 0. The summed E-state index contributed by atoms with van der Waals surface area (Å²) in [5.41, 5.74) is 1.20. The summed E-state index contributed by atoms with van der Waals surface area (Å²) in [5, 5.41) is 4.78. The van der Waals surface area contributed by atoms with Gasteiger partial charge in [0.2, 0.25) is 0 Å². The van der Waals surface area contributed by atoms with E-state index in [9.17, 15) is 0 Å². The zero-order valence-corrected chi connectivity index (χ0v) is 11.7. The van der Waals surface area contributed by atoms with Crippen molar-refractivity contribution < 1.29 is 0 Å². The van der Waals surface area contributed by atoms with Crippen LogP contribution in [0.25, 0.3) is 0 Å². The SMILES string of the molecule is CC1CCCC1CNCc1ccc(Cl)c(Cl)c1. The molecule has 2 rings (SSSR count). The van der Waals surface area contributed by atoms with Crippen LogP contribution in [0.5, 0.6) is 0 Å². The highest BCUT2D eigenvalue weighted by molar-refractivity contribution is 6.42. The average Bonchev–Trinajstić information content (AvgIpc) is 2.70. The molecule has 1 aromatic carbocycles. The Balaban J connectivity index is 1.79. The molecular formula is C14H19Cl2N. The molecule has 2 unspecified atom stereocenters. The van der Waals surface area contributed by atoms with Gasteiger partial charge in [-0.3, -0.25) is 0 Å². The molecule has 1 aliphatic carbocycles. The van der Waals surface area contributed by atoms with E-state index in [0.29, 0.717) is 10.0 Å². The van der Waals surface area contributed by atoms with Crippen LogP contribution in [-0.4, -0.2) is 6.54 Å². The molecule has 2 atom stereocenters. The topological polar surface area (TPSA) is 12.0 Å². The van der Waals surface area contributed by atoms with Gasteiger partial charge in [-0.1, -0.05) is 49.0 Å². The van der Waals surface area contributed by atoms with E-state index in [0.717, 1.165) is 24.9 Å². The smallest absolute Gasteiger partial charge is 0.0595 e. The fourth-order valence-corrected chi connectivity index (χ4v) is 2.90. The molecule has 94 valence electrons. The van der Waals surface area contributed by atoms with E-state index in [1.54, 1.807) is 0 Å². The van der Waals surface area contributed by atoms with Gasteiger partial charge in [0.05, 0.1) is 10.0 Å². The van der Waals surface area contributed by atoms with Gasteiger partial charge in [0.15, 0.2) is 0 Å². The van der Waals surface area contributed by atoms with Crippen LogP contribution in [-0.2, 0) is 6.54 Å². The van der Waals surface area contributed by atoms with Crippen molar-refractivity contribution in [2.45, 2.75) is 32.7 Å². The number of hydrogen-bond donors (Lipinski definition) is 1. The van der Waals surface area contributed by atoms with E-state index in [4.69, 9.17) is 23.2 Å². The molecule has 0 saturated heterocycles. The van der Waals surface area contributed by atoms with Crippen LogP contribution in [0.1, 0.15) is 31.7 Å². The maximum Gasteiger partial charge on any atom is 0.0595 e. The summed E-state index contributed by atoms with van der Waals surface area (Å²) in [6, 6.07) is 5.83. The summed E-state index contributed by atoms with van der Waals surface area (Å²) in [4.78, 5) is 0. The van der Waals surface area contributed by atoms with E-state index in [1.807, 2.05) is 18.2 Å². The minimum Gasteiger partial charge on any atom is -0.312 e. The number of hydrogen-bond acceptors (Lipinski definition) is 1. The fraction of sp³-hybridized carbons (Fsp3) is 0.571. The molecule has 1 aromatic rings. The van der Waals surface area contributed by atoms with E-state index < -0.39 is 0 Å². The quantitative estimate of drug-likeness (QED) is 0.849. The number of nitrogens with one attached hydrogen (secondary N) is 1. The van der Waals surface area contributed by atoms with Crippen LogP contribution in [0.4, 0.5) is 0 Å². The van der Waals surface area contributed by atoms with Gasteiger partial charge >= 0.3 is 0 Å². The van der Waals surface area contributed by atoms with Gasteiger partial charge in [0.1, 0.15) is 0 Å². The molecule has 0 aliphatic heterocycles. The first-order valence-electron chi connectivity index (χ1n) is 6.31. The Morgan fingerprint density at radius 1 is 1.24 bits per heavy atom. The van der Waals surface area contributed by atoms with Gasteiger partial charge < -0.3 is 5.32 Å². The zero-order chi connectivity index (χ0) is 12.3. The van der Waals surface area contributed by atoms with E-state index in [1.165, 1.54) is 24.8 Å². The summed E-state index contributed by atoms with van der Waals surface area (Å²) in [5.74, 6) is 1.72. The molecule has 1 fully saturated rings. The first-order chi connectivity index (χ1) is 8.16. The lowest BCUT2D eigenvalue weighted by molar-refractivity contribution is 0.392. The van der Waals surface area contributed by atoms with Crippen LogP contribution in [0.15, 0.2) is 18.2 Å². The second-order valence-electron chi connectivity index (χ2n) is 5.05. The highest BCUT2D eigenvalue weighted by Crippen LogP contribution is 2.30. The monoisotopic (exact) mass is 271 g/mol. The van der Waals surface area contributed by atoms with Crippen LogP contribution in [0.3, 0.4) is 0 Å². The normalized spacial score (nSPS) is 24.2. The lowest BCUT2D eigenvalue weighted by atomic mass is 9.98. The second kappa shape index (κ2) is 6.08. The lowest BCUT2D eigenvalue weighted by Gasteiger charge is -2.16. The van der Waals surface area contributed by atoms with Crippen molar-refractivity contribution in [3.8, 4) is 0 Å². The molecule has 0 radical (unpaired) electrons. The summed E-state index contributed by atoms with van der Waals surface area (Å²) in [6.07, 6.45) is 4.15. The van der Waals surface area contributed by atoms with Crippen LogP contribution >= 0.6 is 23.2 Å². The predicted octanol–water partition coefficient (Wildman–Crippen LogP) is 4.52. The molecule has 1 N–H and O–H groups in total. The van der Waals surface area contributed by atoms with E-state index >= 15 is 0 Å². The van der Waals surface area contributed by atoms with Gasteiger partial charge in [0, 0.05) is 6.54 Å². The van der Waals surface area contributed by atoms with Crippen molar-refractivity contribution in [1.82, 2.24) is 5.32 Å². The molecule has 1 saturated carbocycles. The highest BCUT2D eigenvalue weighted by Gasteiger charge is 2.22. The summed E-state index contributed by atoms with van der Waals surface area (Å²) in [6.45, 7) is 4.35. The molecule has 0 aromatic heterocycles. The Morgan fingerprint density at radius 2 is 2.06 bits per heavy atom. The molecule has 0 bridgehead atoms. The zero-order valence-electron chi connectivity index (χ0n) is 10.2. The number of rotatable bonds is 4. The second-order valence-corrected chi connectivity index (χ2v) is 5.86. The van der Waals surface area contributed by atoms with Crippen LogP contribution in [0.2, 0.25) is 10.0 Å². The van der Waals surface area contributed by atoms with Crippen molar-refractivity contribution in [2.24, 2.45) is 11.8 Å². The number of halogens is 2. The number of benzene rings is 1. The largest absolute Gasteiger partial charge is 0.312 e. The Bertz CT molecular complexity index is 378. The van der Waals surface area contributed by atoms with E-state index in [-0.39, 0.29) is 0 Å². The van der Waals surface area contributed by atoms with Crippen molar-refractivity contribution >= 4 is 23.2 Å². The van der Waals surface area contributed by atoms with Crippen molar-refractivity contribution in [3.63, 3.8) is 0 Å². The average molecular weight is 272 g/mol. The highest BCUT2D eigenvalue weighted by atomic mass is 35.5. The van der Waals surface area contributed by atoms with Crippen LogP contribution < -0.4 is 5.32 Å². The Hall–Kier alpha value is -0.240. The maximum atomic E-state index is 5.98. The molecule has 0 spiro atoms. The Morgan fingerprint density at radius 3 is 2.71 bits per heavy atom. The van der Waals surface area contributed by atoms with Gasteiger partial charge in [-0.2, -0.15) is 0 Å². The third-order valence-electron chi connectivity index (χ3n) is 3.76. The summed E-state index contributed by atoms with van der Waals surface area (Å²) < 4.78 is 0. The standard InChI is InChI=1S/C14H19Cl2N/c1-10-3-2-4-12(10)9-17-8-11-5-6-13(15)14(16)7-11/h5-7,10,12,17H,2-4,8-9H2,1H3. The lowest BCUT2D eigenvalue weighted by Crippen LogP contribution is -2.23. The molecule has 0 amide bonds. The predicted molar refractivity (Wildman–Crippen MR) is 74.7 cm³/mol. The van der Waals surface area contributed by atoms with Crippen molar-refractivity contribution in [1.29, 1.82) is 0 Å². The van der Waals surface area contributed by atoms with Gasteiger partial charge in [-0.15, -0.1) is 0 Å². The molecular weight excluding hydrogens is 253 g/mol. The molecule has 0 heterocycles. The first kappa shape index (κ1) is 13.2. The van der Waals surface area contributed by atoms with Crippen LogP contribution in [0, 0.1) is 11.8 Å². The third-order valence-corrected chi connectivity index (χ3v) is 4.50. The molecule has 1 nitrogen and oxygen atoms in total. The van der Waals surface area contributed by atoms with Crippen molar-refractivity contribution in [3.05, 3.63) is 33.8 Å². The molecule has 1 aliphatic rings. The minimum atomic E-state index is 0.625. The van der Waals surface area contributed by atoms with Gasteiger partial charge in [-0.05, 0) is 42.5 Å². The first-order valence-corrected chi connectivity index (χ1v) is 7.07. The molecule has 3 heteroatoms. The molecule has 17 heavy (non-hydrogen) atoms. The third kappa shape index (κ3) is 3.61. The Labute approximate surface area is 114 Å². The van der Waals surface area contributed by atoms with E-state index in [2.05, 4.69) is 12.2 Å². The maximum absolute atomic E-state index is 5.98. The fourth-order valence-electron chi connectivity index (χ4n) is 2.58.